The third-order valence-electron chi connectivity index (χ3n) is 3.32. The van der Waals surface area contributed by atoms with Gasteiger partial charge in [0.25, 0.3) is 6.29 Å². The molecule has 5 heteroatoms. The van der Waals surface area contributed by atoms with Gasteiger partial charge in [-0.3, -0.25) is 4.79 Å². The van der Waals surface area contributed by atoms with Crippen molar-refractivity contribution in [2.45, 2.75) is 19.1 Å². The molecule has 4 nitrogen and oxygen atoms in total. The van der Waals surface area contributed by atoms with Crippen LogP contribution in [0.25, 0.3) is 0 Å². The van der Waals surface area contributed by atoms with Gasteiger partial charge in [0, 0.05) is 0 Å². The first-order valence-electron chi connectivity index (χ1n) is 5.64. The van der Waals surface area contributed by atoms with E-state index in [4.69, 9.17) is 14.6 Å². The first-order chi connectivity index (χ1) is 8.63. The Balaban J connectivity index is 1.80. The Morgan fingerprint density at radius 2 is 2.11 bits per heavy atom. The minimum atomic E-state index is -0.958. The lowest BCUT2D eigenvalue weighted by Crippen LogP contribution is -2.18. The summed E-state index contributed by atoms with van der Waals surface area (Å²) in [5.74, 6) is -1.08. The van der Waals surface area contributed by atoms with Crippen LogP contribution in [-0.4, -0.2) is 11.1 Å². The van der Waals surface area contributed by atoms with Crippen LogP contribution in [0.1, 0.15) is 24.7 Å². The molecule has 1 aliphatic heterocycles. The molecule has 0 amide bonds. The van der Waals surface area contributed by atoms with Gasteiger partial charge in [0.1, 0.15) is 17.5 Å². The average Bonchev–Trinajstić information content (AvgIpc) is 3.03. The Kier molecular flexibility index (Phi) is 2.29. The zero-order valence-electron chi connectivity index (χ0n) is 9.43. The standard InChI is InChI=1S/C13H11FO4/c14-9-4-2-1-3-8(9)11-17-7-10(18-11)13(5-6-13)12(15)16/h1-4,7,11H,5-6H2,(H,15,16). The molecule has 1 aromatic rings. The molecule has 1 aromatic carbocycles. The summed E-state index contributed by atoms with van der Waals surface area (Å²) >= 11 is 0. The van der Waals surface area contributed by atoms with Gasteiger partial charge in [-0.05, 0) is 25.0 Å². The number of hydrogen-bond donors (Lipinski definition) is 1. The highest BCUT2D eigenvalue weighted by Crippen LogP contribution is 2.55. The van der Waals surface area contributed by atoms with Gasteiger partial charge in [-0.2, -0.15) is 0 Å². The second-order valence-electron chi connectivity index (χ2n) is 4.48. The molecule has 3 rings (SSSR count). The molecule has 1 unspecified atom stereocenters. The van der Waals surface area contributed by atoms with Crippen molar-refractivity contribution < 1.29 is 23.8 Å². The molecule has 0 aromatic heterocycles. The molecule has 1 atom stereocenters. The number of halogens is 1. The van der Waals surface area contributed by atoms with Crippen molar-refractivity contribution in [3.05, 3.63) is 47.7 Å². The minimum absolute atomic E-state index is 0.268. The predicted octanol–water partition coefficient (Wildman–Crippen LogP) is 2.58. The SMILES string of the molecule is O=C(O)C1(C2=COC(c3ccccc3F)O2)CC1. The lowest BCUT2D eigenvalue weighted by Gasteiger charge is -2.15. The maximum atomic E-state index is 13.5. The fourth-order valence-electron chi connectivity index (χ4n) is 2.01. The number of benzene rings is 1. The summed E-state index contributed by atoms with van der Waals surface area (Å²) in [7, 11) is 0. The normalized spacial score (nSPS) is 23.8. The summed E-state index contributed by atoms with van der Waals surface area (Å²) in [5.41, 5.74) is -0.690. The van der Waals surface area contributed by atoms with Gasteiger partial charge in [-0.15, -0.1) is 0 Å². The van der Waals surface area contributed by atoms with Crippen molar-refractivity contribution in [3.8, 4) is 0 Å². The van der Waals surface area contributed by atoms with E-state index in [1.165, 1.54) is 12.3 Å². The van der Waals surface area contributed by atoms with Crippen LogP contribution in [0.2, 0.25) is 0 Å². The lowest BCUT2D eigenvalue weighted by molar-refractivity contribution is -0.144. The van der Waals surface area contributed by atoms with Gasteiger partial charge in [0.05, 0.1) is 5.56 Å². The summed E-state index contributed by atoms with van der Waals surface area (Å²) < 4.78 is 24.2. The van der Waals surface area contributed by atoms with Gasteiger partial charge in [0.15, 0.2) is 5.76 Å². The third kappa shape index (κ3) is 1.54. The van der Waals surface area contributed by atoms with Crippen molar-refractivity contribution in [2.75, 3.05) is 0 Å². The zero-order chi connectivity index (χ0) is 12.8. The summed E-state index contributed by atoms with van der Waals surface area (Å²) in [5, 5.41) is 9.13. The molecule has 0 spiro atoms. The van der Waals surface area contributed by atoms with Crippen molar-refractivity contribution in [3.63, 3.8) is 0 Å². The van der Waals surface area contributed by atoms with Crippen LogP contribution in [-0.2, 0) is 14.3 Å². The average molecular weight is 250 g/mol. The number of aliphatic carboxylic acids is 1. The third-order valence-corrected chi connectivity index (χ3v) is 3.32. The van der Waals surface area contributed by atoms with E-state index in [9.17, 15) is 9.18 Å². The monoisotopic (exact) mass is 250 g/mol. The molecule has 1 heterocycles. The van der Waals surface area contributed by atoms with Crippen molar-refractivity contribution >= 4 is 5.97 Å². The first-order valence-corrected chi connectivity index (χ1v) is 5.64. The van der Waals surface area contributed by atoms with Crippen LogP contribution < -0.4 is 0 Å². The Labute approximate surface area is 103 Å². The summed E-state index contributed by atoms with van der Waals surface area (Å²) in [6.07, 6.45) is 1.46. The first kappa shape index (κ1) is 11.1. The van der Waals surface area contributed by atoms with E-state index in [0.29, 0.717) is 12.8 Å². The molecule has 1 aliphatic carbocycles. The van der Waals surface area contributed by atoms with Crippen LogP contribution >= 0.6 is 0 Å². The second kappa shape index (κ2) is 3.73. The highest BCUT2D eigenvalue weighted by molar-refractivity contribution is 5.81. The fraction of sp³-hybridized carbons (Fsp3) is 0.308. The van der Waals surface area contributed by atoms with Crippen LogP contribution in [0.15, 0.2) is 36.3 Å². The predicted molar refractivity (Wildman–Crippen MR) is 58.7 cm³/mol. The Morgan fingerprint density at radius 1 is 1.39 bits per heavy atom. The van der Waals surface area contributed by atoms with E-state index < -0.39 is 23.5 Å². The number of rotatable bonds is 3. The zero-order valence-corrected chi connectivity index (χ0v) is 9.43. The topological polar surface area (TPSA) is 55.8 Å². The number of hydrogen-bond acceptors (Lipinski definition) is 3. The van der Waals surface area contributed by atoms with E-state index in [1.807, 2.05) is 0 Å². The van der Waals surface area contributed by atoms with Crippen molar-refractivity contribution in [1.29, 1.82) is 0 Å². The van der Waals surface area contributed by atoms with E-state index >= 15 is 0 Å². The molecule has 94 valence electrons. The maximum absolute atomic E-state index is 13.5. The molecule has 0 bridgehead atoms. The minimum Gasteiger partial charge on any atom is -0.480 e. The van der Waals surface area contributed by atoms with E-state index in [0.717, 1.165) is 0 Å². The largest absolute Gasteiger partial charge is 0.480 e. The van der Waals surface area contributed by atoms with Crippen molar-refractivity contribution in [1.82, 2.24) is 0 Å². The fourth-order valence-corrected chi connectivity index (χ4v) is 2.01. The quantitative estimate of drug-likeness (QED) is 0.895. The maximum Gasteiger partial charge on any atom is 0.317 e. The van der Waals surface area contributed by atoms with E-state index in [1.54, 1.807) is 18.2 Å². The van der Waals surface area contributed by atoms with Crippen molar-refractivity contribution in [2.24, 2.45) is 5.41 Å². The molecule has 2 aliphatic rings. The summed E-state index contributed by atoms with van der Waals surface area (Å²) in [6.45, 7) is 0. The molecule has 18 heavy (non-hydrogen) atoms. The molecule has 0 saturated heterocycles. The lowest BCUT2D eigenvalue weighted by atomic mass is 10.1. The van der Waals surface area contributed by atoms with Gasteiger partial charge < -0.3 is 14.6 Å². The van der Waals surface area contributed by atoms with Gasteiger partial charge in [-0.1, -0.05) is 12.1 Å². The summed E-state index contributed by atoms with van der Waals surface area (Å²) in [4.78, 5) is 11.1. The molecular weight excluding hydrogens is 239 g/mol. The molecule has 1 N–H and O–H groups in total. The van der Waals surface area contributed by atoms with Gasteiger partial charge >= 0.3 is 5.97 Å². The van der Waals surface area contributed by atoms with Gasteiger partial charge in [-0.25, -0.2) is 4.39 Å². The van der Waals surface area contributed by atoms with Crippen LogP contribution in [0, 0.1) is 11.2 Å². The van der Waals surface area contributed by atoms with E-state index in [2.05, 4.69) is 0 Å². The number of carbonyl (C=O) groups is 1. The number of ether oxygens (including phenoxy) is 2. The smallest absolute Gasteiger partial charge is 0.317 e. The molecule has 1 saturated carbocycles. The van der Waals surface area contributed by atoms with E-state index in [-0.39, 0.29) is 11.3 Å². The Morgan fingerprint density at radius 3 is 2.72 bits per heavy atom. The van der Waals surface area contributed by atoms with Crippen LogP contribution in [0.3, 0.4) is 0 Å². The highest BCUT2D eigenvalue weighted by Gasteiger charge is 2.57. The van der Waals surface area contributed by atoms with Gasteiger partial charge in [0.2, 0.25) is 0 Å². The molecule has 1 fully saturated rings. The Bertz CT molecular complexity index is 534. The summed E-state index contributed by atoms with van der Waals surface area (Å²) in [6, 6.07) is 6.11. The second-order valence-corrected chi connectivity index (χ2v) is 4.48. The van der Waals surface area contributed by atoms with Crippen LogP contribution in [0.4, 0.5) is 4.39 Å². The molecule has 0 radical (unpaired) electrons. The Hall–Kier alpha value is -2.04. The number of carboxylic acid groups (broad SMARTS) is 1. The van der Waals surface area contributed by atoms with Crippen LogP contribution in [0.5, 0.6) is 0 Å². The number of carboxylic acids is 1. The molecular formula is C13H11FO4. The highest BCUT2D eigenvalue weighted by atomic mass is 19.1.